The van der Waals surface area contributed by atoms with Gasteiger partial charge in [-0.25, -0.2) is 4.79 Å². The third kappa shape index (κ3) is 2.62. The normalized spacial score (nSPS) is 18.8. The summed E-state index contributed by atoms with van der Waals surface area (Å²) in [5.41, 5.74) is 0.0287. The van der Waals surface area contributed by atoms with Crippen LogP contribution in [-0.2, 0) is 9.59 Å². The summed E-state index contributed by atoms with van der Waals surface area (Å²) in [6.45, 7) is -0.488. The number of piperazine rings is 1. The van der Waals surface area contributed by atoms with Gasteiger partial charge in [-0.2, -0.15) is 0 Å². The molecule has 1 aromatic rings. The maximum Gasteiger partial charge on any atom is 0.328 e. The highest BCUT2D eigenvalue weighted by Gasteiger charge is 2.35. The van der Waals surface area contributed by atoms with Gasteiger partial charge < -0.3 is 20.4 Å². The third-order valence-electron chi connectivity index (χ3n) is 2.70. The summed E-state index contributed by atoms with van der Waals surface area (Å²) in [6.07, 6.45) is 2.35. The third-order valence-corrected chi connectivity index (χ3v) is 2.70. The standard InChI is InChI=1S/C11H11N3O5/c15-7-1-6(2-12-3-7)10(17)14-5-9(16)13-4-8(14)11(18)19/h1-3,8,15H,4-5H2,(H,13,16)(H,18,19). The van der Waals surface area contributed by atoms with Crippen LogP contribution in [0.4, 0.5) is 0 Å². The second kappa shape index (κ2) is 4.92. The quantitative estimate of drug-likeness (QED) is 0.618. The molecule has 3 N–H and O–H groups in total. The van der Waals surface area contributed by atoms with E-state index in [9.17, 15) is 19.5 Å². The first-order chi connectivity index (χ1) is 8.99. The van der Waals surface area contributed by atoms with E-state index in [0.29, 0.717) is 0 Å². The van der Waals surface area contributed by atoms with Gasteiger partial charge in [-0.3, -0.25) is 14.6 Å². The van der Waals surface area contributed by atoms with Crippen molar-refractivity contribution in [1.82, 2.24) is 15.2 Å². The number of hydrogen-bond donors (Lipinski definition) is 3. The molecule has 0 aliphatic carbocycles. The largest absolute Gasteiger partial charge is 0.506 e. The minimum atomic E-state index is -1.21. The van der Waals surface area contributed by atoms with E-state index in [1.807, 2.05) is 0 Å². The van der Waals surface area contributed by atoms with Gasteiger partial charge in [0.1, 0.15) is 18.3 Å². The molecule has 8 heteroatoms. The van der Waals surface area contributed by atoms with E-state index in [0.717, 1.165) is 11.1 Å². The van der Waals surface area contributed by atoms with Crippen LogP contribution < -0.4 is 5.32 Å². The molecule has 1 aromatic heterocycles. The van der Waals surface area contributed by atoms with Crippen LogP contribution in [0.1, 0.15) is 10.4 Å². The van der Waals surface area contributed by atoms with Gasteiger partial charge in [-0.15, -0.1) is 0 Å². The van der Waals surface area contributed by atoms with Gasteiger partial charge in [-0.1, -0.05) is 0 Å². The lowest BCUT2D eigenvalue weighted by Gasteiger charge is -2.32. The summed E-state index contributed by atoms with van der Waals surface area (Å²) < 4.78 is 0. The van der Waals surface area contributed by atoms with E-state index >= 15 is 0 Å². The number of carbonyl (C=O) groups is 3. The summed E-state index contributed by atoms with van der Waals surface area (Å²) in [5, 5.41) is 20.7. The van der Waals surface area contributed by atoms with Crippen LogP contribution in [0.15, 0.2) is 18.5 Å². The van der Waals surface area contributed by atoms with Crippen LogP contribution in [0.3, 0.4) is 0 Å². The number of carboxylic acids is 1. The molecule has 1 aliphatic heterocycles. The van der Waals surface area contributed by atoms with Crippen LogP contribution in [-0.4, -0.2) is 57.0 Å². The van der Waals surface area contributed by atoms with Crippen molar-refractivity contribution in [1.29, 1.82) is 0 Å². The predicted octanol–water partition coefficient (Wildman–Crippen LogP) is -1.19. The Labute approximate surface area is 107 Å². The van der Waals surface area contributed by atoms with Crippen molar-refractivity contribution in [2.45, 2.75) is 6.04 Å². The number of hydrogen-bond acceptors (Lipinski definition) is 5. The number of pyridine rings is 1. The second-order valence-electron chi connectivity index (χ2n) is 4.02. The van der Waals surface area contributed by atoms with Gasteiger partial charge in [0.15, 0.2) is 0 Å². The molecule has 0 spiro atoms. The summed E-state index contributed by atoms with van der Waals surface area (Å²) in [5.74, 6) is -2.51. The van der Waals surface area contributed by atoms with Crippen LogP contribution in [0.5, 0.6) is 5.75 Å². The van der Waals surface area contributed by atoms with Gasteiger partial charge in [0, 0.05) is 12.7 Å². The van der Waals surface area contributed by atoms with E-state index in [2.05, 4.69) is 10.3 Å². The van der Waals surface area contributed by atoms with Crippen molar-refractivity contribution in [3.05, 3.63) is 24.0 Å². The SMILES string of the molecule is O=C1CN(C(=O)c2cncc(O)c2)C(C(=O)O)CN1. The first-order valence-electron chi connectivity index (χ1n) is 5.43. The first kappa shape index (κ1) is 12.8. The molecule has 1 aliphatic rings. The lowest BCUT2D eigenvalue weighted by Crippen LogP contribution is -2.59. The molecule has 1 unspecified atom stereocenters. The lowest BCUT2D eigenvalue weighted by atomic mass is 10.1. The molecule has 8 nitrogen and oxygen atoms in total. The second-order valence-corrected chi connectivity index (χ2v) is 4.02. The fourth-order valence-corrected chi connectivity index (χ4v) is 1.79. The molecule has 2 rings (SSSR count). The zero-order chi connectivity index (χ0) is 14.0. The minimum absolute atomic E-state index is 0.0287. The molecule has 0 saturated carbocycles. The highest BCUT2D eigenvalue weighted by atomic mass is 16.4. The molecule has 0 aromatic carbocycles. The Kier molecular flexibility index (Phi) is 3.32. The highest BCUT2D eigenvalue weighted by Crippen LogP contribution is 2.14. The smallest absolute Gasteiger partial charge is 0.328 e. The van der Waals surface area contributed by atoms with E-state index in [1.54, 1.807) is 0 Å². The zero-order valence-electron chi connectivity index (χ0n) is 9.74. The summed E-state index contributed by atoms with van der Waals surface area (Å²) in [6, 6.07) is 0.0355. The maximum atomic E-state index is 12.1. The molecule has 1 atom stereocenters. The van der Waals surface area contributed by atoms with Crippen molar-refractivity contribution in [3.8, 4) is 5.75 Å². The van der Waals surface area contributed by atoms with E-state index in [4.69, 9.17) is 5.11 Å². The maximum absolute atomic E-state index is 12.1. The average molecular weight is 265 g/mol. The Hall–Kier alpha value is -2.64. The number of amides is 2. The predicted molar refractivity (Wildman–Crippen MR) is 61.4 cm³/mol. The van der Waals surface area contributed by atoms with Gasteiger partial charge >= 0.3 is 5.97 Å². The molecule has 100 valence electrons. The number of rotatable bonds is 2. The van der Waals surface area contributed by atoms with Crippen molar-refractivity contribution in [3.63, 3.8) is 0 Å². The number of aliphatic carboxylic acids is 1. The number of nitrogens with one attached hydrogen (secondary N) is 1. The molecule has 0 bridgehead atoms. The fraction of sp³-hybridized carbons (Fsp3) is 0.273. The molecular weight excluding hydrogens is 254 g/mol. The monoisotopic (exact) mass is 265 g/mol. The zero-order valence-corrected chi connectivity index (χ0v) is 9.74. The topological polar surface area (TPSA) is 120 Å². The van der Waals surface area contributed by atoms with E-state index in [1.165, 1.54) is 12.3 Å². The minimum Gasteiger partial charge on any atom is -0.506 e. The number of aromatic hydroxyl groups is 1. The molecular formula is C11H11N3O5. The van der Waals surface area contributed by atoms with Gasteiger partial charge in [0.25, 0.3) is 5.91 Å². The van der Waals surface area contributed by atoms with Crippen molar-refractivity contribution < 1.29 is 24.6 Å². The van der Waals surface area contributed by atoms with Crippen LogP contribution in [0, 0.1) is 0 Å². The number of carbonyl (C=O) groups excluding carboxylic acids is 2. The van der Waals surface area contributed by atoms with Gasteiger partial charge in [0.05, 0.1) is 11.8 Å². The Morgan fingerprint density at radius 3 is 2.79 bits per heavy atom. The number of nitrogens with zero attached hydrogens (tertiary/aromatic N) is 2. The molecule has 2 amide bonds. The molecule has 19 heavy (non-hydrogen) atoms. The summed E-state index contributed by atoms with van der Waals surface area (Å²) in [7, 11) is 0. The van der Waals surface area contributed by atoms with Crippen molar-refractivity contribution in [2.24, 2.45) is 0 Å². The van der Waals surface area contributed by atoms with E-state index < -0.39 is 23.8 Å². The highest BCUT2D eigenvalue weighted by molar-refractivity contribution is 5.99. The molecule has 1 fully saturated rings. The van der Waals surface area contributed by atoms with Crippen molar-refractivity contribution in [2.75, 3.05) is 13.1 Å². The molecule has 2 heterocycles. The van der Waals surface area contributed by atoms with Crippen molar-refractivity contribution >= 4 is 17.8 Å². The fourth-order valence-electron chi connectivity index (χ4n) is 1.79. The van der Waals surface area contributed by atoms with Gasteiger partial charge in [0.2, 0.25) is 5.91 Å². The Bertz CT molecular complexity index is 545. The average Bonchev–Trinajstić information content (AvgIpc) is 2.37. The van der Waals surface area contributed by atoms with Crippen LogP contribution in [0.25, 0.3) is 0 Å². The van der Waals surface area contributed by atoms with Crippen LogP contribution in [0.2, 0.25) is 0 Å². The van der Waals surface area contributed by atoms with Crippen LogP contribution >= 0.6 is 0 Å². The summed E-state index contributed by atoms with van der Waals surface area (Å²) >= 11 is 0. The first-order valence-corrected chi connectivity index (χ1v) is 5.43. The number of carboxylic acid groups (broad SMARTS) is 1. The summed E-state index contributed by atoms with van der Waals surface area (Å²) in [4.78, 5) is 39.1. The Morgan fingerprint density at radius 2 is 2.16 bits per heavy atom. The number of aromatic nitrogens is 1. The Morgan fingerprint density at radius 1 is 1.42 bits per heavy atom. The Balaban J connectivity index is 2.28. The lowest BCUT2D eigenvalue weighted by molar-refractivity contribution is -0.144. The van der Waals surface area contributed by atoms with E-state index in [-0.39, 0.29) is 24.4 Å². The molecule has 0 radical (unpaired) electrons. The molecule has 1 saturated heterocycles. The van der Waals surface area contributed by atoms with Gasteiger partial charge in [-0.05, 0) is 6.07 Å².